The average Bonchev–Trinajstić information content (AvgIpc) is 2.99. The van der Waals surface area contributed by atoms with Crippen LogP contribution in [0.5, 0.6) is 0 Å². The molecule has 0 radical (unpaired) electrons. The summed E-state index contributed by atoms with van der Waals surface area (Å²) in [6, 6.07) is 0. The molecule has 1 saturated heterocycles. The molecule has 2 aromatic rings. The second-order valence-electron chi connectivity index (χ2n) is 5.62. The van der Waals surface area contributed by atoms with Crippen molar-refractivity contribution in [3.05, 3.63) is 39.9 Å². The summed E-state index contributed by atoms with van der Waals surface area (Å²) in [4.78, 5) is 24.9. The number of hydrogen-bond donors (Lipinski definition) is 1. The maximum atomic E-state index is 11.9. The number of rotatable bonds is 5. The molecule has 3 heterocycles. The quantitative estimate of drug-likeness (QED) is 0.909. The molecule has 1 atom stereocenters. The van der Waals surface area contributed by atoms with Gasteiger partial charge in [-0.05, 0) is 26.2 Å². The highest BCUT2D eigenvalue weighted by atomic mass is 32.1. The molecule has 6 nitrogen and oxygen atoms in total. The Bertz CT molecular complexity index is 650. The molecule has 1 amide bonds. The molecule has 0 spiro atoms. The minimum absolute atomic E-state index is 0.0142. The number of aryl methyl sites for hydroxylation is 1. The minimum atomic E-state index is -0.0463. The fraction of sp³-hybridized carbons (Fsp3) is 0.500. The second kappa shape index (κ2) is 7.61. The van der Waals surface area contributed by atoms with Gasteiger partial charge in [-0.2, -0.15) is 0 Å². The summed E-state index contributed by atoms with van der Waals surface area (Å²) in [5, 5.41) is 5.76. The van der Waals surface area contributed by atoms with E-state index in [0.717, 1.165) is 48.0 Å². The lowest BCUT2D eigenvalue weighted by atomic mass is 10.1. The molecule has 1 aliphatic heterocycles. The number of aromatic nitrogens is 3. The molecule has 122 valence electrons. The highest BCUT2D eigenvalue weighted by molar-refractivity contribution is 7.09. The van der Waals surface area contributed by atoms with Crippen molar-refractivity contribution in [2.75, 3.05) is 6.61 Å². The van der Waals surface area contributed by atoms with Crippen molar-refractivity contribution < 1.29 is 9.53 Å². The van der Waals surface area contributed by atoms with E-state index in [1.54, 1.807) is 23.7 Å². The fourth-order valence-electron chi connectivity index (χ4n) is 2.48. The Hall–Kier alpha value is -1.86. The Balaban J connectivity index is 1.49. The topological polar surface area (TPSA) is 77.0 Å². The number of thiazole rings is 1. The monoisotopic (exact) mass is 332 g/mol. The standard InChI is InChI=1S/C16H20N4O2S/c1-11-20-13(10-23-11)6-15(21)17-7-12-8-18-16(19-9-12)14-4-2-3-5-22-14/h8-10,14H,2-7H2,1H3,(H,17,21). The van der Waals surface area contributed by atoms with E-state index in [9.17, 15) is 4.79 Å². The van der Waals surface area contributed by atoms with Gasteiger partial charge in [0.15, 0.2) is 5.82 Å². The van der Waals surface area contributed by atoms with Crippen LogP contribution < -0.4 is 5.32 Å². The van der Waals surface area contributed by atoms with Crippen molar-refractivity contribution in [2.45, 2.75) is 45.3 Å². The first-order valence-electron chi connectivity index (χ1n) is 7.81. The SMILES string of the molecule is Cc1nc(CC(=O)NCc2cnc(C3CCCCO3)nc2)cs1. The van der Waals surface area contributed by atoms with Crippen LogP contribution in [0.1, 0.15) is 47.5 Å². The van der Waals surface area contributed by atoms with Crippen LogP contribution in [0.25, 0.3) is 0 Å². The summed E-state index contributed by atoms with van der Waals surface area (Å²) >= 11 is 1.55. The third-order valence-electron chi connectivity index (χ3n) is 3.69. The molecule has 1 unspecified atom stereocenters. The van der Waals surface area contributed by atoms with Crippen LogP contribution in [-0.2, 0) is 22.5 Å². The van der Waals surface area contributed by atoms with Crippen LogP contribution in [-0.4, -0.2) is 27.5 Å². The number of ether oxygens (including phenoxy) is 1. The highest BCUT2D eigenvalue weighted by Gasteiger charge is 2.18. The third kappa shape index (κ3) is 4.56. The zero-order valence-corrected chi connectivity index (χ0v) is 13.9. The Morgan fingerprint density at radius 2 is 2.22 bits per heavy atom. The van der Waals surface area contributed by atoms with Gasteiger partial charge in [-0.3, -0.25) is 4.79 Å². The number of amides is 1. The van der Waals surface area contributed by atoms with Gasteiger partial charge in [-0.25, -0.2) is 15.0 Å². The van der Waals surface area contributed by atoms with E-state index in [-0.39, 0.29) is 12.0 Å². The molecule has 1 fully saturated rings. The van der Waals surface area contributed by atoms with Gasteiger partial charge in [0, 0.05) is 36.5 Å². The first kappa shape index (κ1) is 16.0. The summed E-state index contributed by atoms with van der Waals surface area (Å²) in [5.41, 5.74) is 1.69. The van der Waals surface area contributed by atoms with Crippen LogP contribution >= 0.6 is 11.3 Å². The van der Waals surface area contributed by atoms with Crippen LogP contribution in [0, 0.1) is 6.92 Å². The van der Waals surface area contributed by atoms with Crippen LogP contribution in [0.2, 0.25) is 0 Å². The molecule has 0 saturated carbocycles. The van der Waals surface area contributed by atoms with Gasteiger partial charge in [-0.1, -0.05) is 0 Å². The molecular weight excluding hydrogens is 312 g/mol. The zero-order valence-electron chi connectivity index (χ0n) is 13.1. The lowest BCUT2D eigenvalue weighted by Crippen LogP contribution is -2.25. The smallest absolute Gasteiger partial charge is 0.226 e. The minimum Gasteiger partial charge on any atom is -0.370 e. The summed E-state index contributed by atoms with van der Waals surface area (Å²) in [6.45, 7) is 3.14. The van der Waals surface area contributed by atoms with Crippen molar-refractivity contribution in [1.29, 1.82) is 0 Å². The van der Waals surface area contributed by atoms with E-state index < -0.39 is 0 Å². The largest absolute Gasteiger partial charge is 0.370 e. The molecule has 2 aromatic heterocycles. The molecule has 0 aromatic carbocycles. The van der Waals surface area contributed by atoms with Crippen molar-refractivity contribution in [3.8, 4) is 0 Å². The lowest BCUT2D eigenvalue weighted by molar-refractivity contribution is -0.120. The molecule has 7 heteroatoms. The molecule has 0 bridgehead atoms. The van der Waals surface area contributed by atoms with Crippen LogP contribution in [0.3, 0.4) is 0 Å². The molecular formula is C16H20N4O2S. The summed E-state index contributed by atoms with van der Waals surface area (Å²) in [5.74, 6) is 0.688. The predicted octanol–water partition coefficient (Wildman–Crippen LogP) is 2.34. The normalized spacial score (nSPS) is 17.9. The molecule has 1 aliphatic rings. The van der Waals surface area contributed by atoms with Gasteiger partial charge in [0.1, 0.15) is 6.10 Å². The van der Waals surface area contributed by atoms with Crippen molar-refractivity contribution in [1.82, 2.24) is 20.3 Å². The third-order valence-corrected chi connectivity index (χ3v) is 4.51. The Morgan fingerprint density at radius 3 is 2.87 bits per heavy atom. The van der Waals surface area contributed by atoms with Crippen LogP contribution in [0.15, 0.2) is 17.8 Å². The van der Waals surface area contributed by atoms with E-state index in [1.165, 1.54) is 0 Å². The first-order valence-corrected chi connectivity index (χ1v) is 8.69. The van der Waals surface area contributed by atoms with Gasteiger partial charge in [0.05, 0.1) is 17.1 Å². The number of nitrogens with one attached hydrogen (secondary N) is 1. The Kier molecular flexibility index (Phi) is 5.30. The first-order chi connectivity index (χ1) is 11.2. The number of carbonyl (C=O) groups is 1. The van der Waals surface area contributed by atoms with Gasteiger partial charge in [0.2, 0.25) is 5.91 Å². The maximum absolute atomic E-state index is 11.9. The Morgan fingerprint density at radius 1 is 1.39 bits per heavy atom. The van der Waals surface area contributed by atoms with E-state index in [2.05, 4.69) is 20.3 Å². The zero-order chi connectivity index (χ0) is 16.1. The summed E-state index contributed by atoms with van der Waals surface area (Å²) in [6.07, 6.45) is 7.07. The Labute approximate surface area is 139 Å². The van der Waals surface area contributed by atoms with Gasteiger partial charge >= 0.3 is 0 Å². The summed E-state index contributed by atoms with van der Waals surface area (Å²) < 4.78 is 5.67. The van der Waals surface area contributed by atoms with Gasteiger partial charge < -0.3 is 10.1 Å². The van der Waals surface area contributed by atoms with Crippen LogP contribution in [0.4, 0.5) is 0 Å². The summed E-state index contributed by atoms with van der Waals surface area (Å²) in [7, 11) is 0. The van der Waals surface area contributed by atoms with Crippen molar-refractivity contribution in [3.63, 3.8) is 0 Å². The number of hydrogen-bond acceptors (Lipinski definition) is 6. The maximum Gasteiger partial charge on any atom is 0.226 e. The molecule has 3 rings (SSSR count). The van der Waals surface area contributed by atoms with E-state index in [1.807, 2.05) is 12.3 Å². The van der Waals surface area contributed by atoms with E-state index in [4.69, 9.17) is 4.74 Å². The van der Waals surface area contributed by atoms with Gasteiger partial charge in [0.25, 0.3) is 0 Å². The van der Waals surface area contributed by atoms with Crippen molar-refractivity contribution in [2.24, 2.45) is 0 Å². The molecule has 0 aliphatic carbocycles. The van der Waals surface area contributed by atoms with E-state index in [0.29, 0.717) is 13.0 Å². The fourth-order valence-corrected chi connectivity index (χ4v) is 3.10. The lowest BCUT2D eigenvalue weighted by Gasteiger charge is -2.21. The second-order valence-corrected chi connectivity index (χ2v) is 6.68. The average molecular weight is 332 g/mol. The van der Waals surface area contributed by atoms with E-state index >= 15 is 0 Å². The molecule has 23 heavy (non-hydrogen) atoms. The molecule has 1 N–H and O–H groups in total. The predicted molar refractivity (Wildman–Crippen MR) is 87.0 cm³/mol. The number of nitrogens with zero attached hydrogens (tertiary/aromatic N) is 3. The number of carbonyl (C=O) groups excluding carboxylic acids is 1. The van der Waals surface area contributed by atoms with Gasteiger partial charge in [-0.15, -0.1) is 11.3 Å². The van der Waals surface area contributed by atoms with Crippen molar-refractivity contribution >= 4 is 17.2 Å². The highest BCUT2D eigenvalue weighted by Crippen LogP contribution is 2.24.